The van der Waals surface area contributed by atoms with Crippen molar-refractivity contribution < 1.29 is 4.79 Å². The molecule has 1 atom stereocenters. The van der Waals surface area contributed by atoms with E-state index >= 15 is 0 Å². The SMILES string of the molecule is CCc1cccc(CC)c1NC(=O)C(C)Sc1nc(CC)c(C#N)c(=O)[nH]1. The van der Waals surface area contributed by atoms with Crippen molar-refractivity contribution in [3.05, 3.63) is 50.9 Å². The Balaban J connectivity index is 2.22. The Bertz CT molecular complexity index is 908. The number of hydrogen-bond donors (Lipinski definition) is 2. The third-order valence-electron chi connectivity index (χ3n) is 4.32. The highest BCUT2D eigenvalue weighted by molar-refractivity contribution is 8.00. The van der Waals surface area contributed by atoms with Crippen LogP contribution >= 0.6 is 11.8 Å². The number of carbonyl (C=O) groups is 1. The van der Waals surface area contributed by atoms with Gasteiger partial charge in [0.2, 0.25) is 5.91 Å². The lowest BCUT2D eigenvalue weighted by Gasteiger charge is -2.17. The molecule has 0 aliphatic carbocycles. The molecule has 27 heavy (non-hydrogen) atoms. The van der Waals surface area contributed by atoms with E-state index in [1.807, 2.05) is 31.2 Å². The molecule has 2 N–H and O–H groups in total. The van der Waals surface area contributed by atoms with Gasteiger partial charge in [-0.05, 0) is 37.3 Å². The summed E-state index contributed by atoms with van der Waals surface area (Å²) in [6.45, 7) is 7.71. The molecule has 0 saturated heterocycles. The van der Waals surface area contributed by atoms with Gasteiger partial charge < -0.3 is 10.3 Å². The Kier molecular flexibility index (Phi) is 7.19. The van der Waals surface area contributed by atoms with E-state index in [0.717, 1.165) is 29.7 Å². The van der Waals surface area contributed by atoms with Crippen LogP contribution in [0, 0.1) is 11.3 Å². The van der Waals surface area contributed by atoms with Crippen LogP contribution in [0.15, 0.2) is 28.2 Å². The lowest BCUT2D eigenvalue weighted by atomic mass is 10.0. The zero-order chi connectivity index (χ0) is 20.0. The molecule has 0 spiro atoms. The lowest BCUT2D eigenvalue weighted by Crippen LogP contribution is -2.25. The molecule has 0 radical (unpaired) electrons. The quantitative estimate of drug-likeness (QED) is 0.563. The average molecular weight is 385 g/mol. The van der Waals surface area contributed by atoms with E-state index in [2.05, 4.69) is 29.1 Å². The number of amides is 1. The molecule has 2 rings (SSSR count). The minimum absolute atomic E-state index is 0.0309. The number of nitrogens with one attached hydrogen (secondary N) is 2. The van der Waals surface area contributed by atoms with Gasteiger partial charge in [-0.3, -0.25) is 9.59 Å². The van der Waals surface area contributed by atoms with Gasteiger partial charge in [-0.25, -0.2) is 4.98 Å². The maximum Gasteiger partial charge on any atom is 0.269 e. The summed E-state index contributed by atoms with van der Waals surface area (Å²) in [5, 5.41) is 12.0. The molecule has 142 valence electrons. The molecule has 0 bridgehead atoms. The number of rotatable bonds is 7. The summed E-state index contributed by atoms with van der Waals surface area (Å²) < 4.78 is 0. The Morgan fingerprint density at radius 3 is 2.41 bits per heavy atom. The Hall–Kier alpha value is -2.59. The lowest BCUT2D eigenvalue weighted by molar-refractivity contribution is -0.115. The zero-order valence-corrected chi connectivity index (χ0v) is 16.9. The van der Waals surface area contributed by atoms with E-state index in [0.29, 0.717) is 17.3 Å². The van der Waals surface area contributed by atoms with Crippen LogP contribution in [0.4, 0.5) is 5.69 Å². The highest BCUT2D eigenvalue weighted by atomic mass is 32.2. The van der Waals surface area contributed by atoms with Gasteiger partial charge >= 0.3 is 0 Å². The number of aryl methyl sites for hydroxylation is 3. The molecule has 0 saturated carbocycles. The number of nitrogens with zero attached hydrogens (tertiary/aromatic N) is 2. The van der Waals surface area contributed by atoms with Crippen LogP contribution in [0.5, 0.6) is 0 Å². The highest BCUT2D eigenvalue weighted by Gasteiger charge is 2.19. The van der Waals surface area contributed by atoms with Crippen LogP contribution < -0.4 is 10.9 Å². The molecule has 0 aliphatic rings. The van der Waals surface area contributed by atoms with Gasteiger partial charge in [-0.2, -0.15) is 5.26 Å². The van der Waals surface area contributed by atoms with Crippen molar-refractivity contribution in [3.63, 3.8) is 0 Å². The maximum absolute atomic E-state index is 12.7. The molecular formula is C20H24N4O2S. The first-order valence-electron chi connectivity index (χ1n) is 9.06. The molecule has 0 aliphatic heterocycles. The molecule has 7 heteroatoms. The molecule has 2 aromatic rings. The van der Waals surface area contributed by atoms with E-state index in [4.69, 9.17) is 5.26 Å². The van der Waals surface area contributed by atoms with E-state index in [1.54, 1.807) is 6.92 Å². The summed E-state index contributed by atoms with van der Waals surface area (Å²) in [6, 6.07) is 7.91. The standard InChI is InChI=1S/C20H24N4O2S/c1-5-13-9-8-10-14(6-2)17(13)23-18(25)12(4)27-20-22-16(7-3)15(11-21)19(26)24-20/h8-10,12H,5-7H2,1-4H3,(H,23,25)(H,22,24,26). The summed E-state index contributed by atoms with van der Waals surface area (Å²) in [7, 11) is 0. The van der Waals surface area contributed by atoms with Crippen LogP contribution in [0.3, 0.4) is 0 Å². The largest absolute Gasteiger partial charge is 0.325 e. The van der Waals surface area contributed by atoms with Gasteiger partial charge in [0.05, 0.1) is 10.9 Å². The van der Waals surface area contributed by atoms with Crippen LogP contribution in [0.1, 0.15) is 50.1 Å². The summed E-state index contributed by atoms with van der Waals surface area (Å²) in [5.41, 5.74) is 3.07. The molecule has 1 unspecified atom stereocenters. The second-order valence-corrected chi connectivity index (χ2v) is 7.40. The number of para-hydroxylation sites is 1. The van der Waals surface area contributed by atoms with E-state index in [1.165, 1.54) is 11.8 Å². The third kappa shape index (κ3) is 4.77. The van der Waals surface area contributed by atoms with Crippen LogP contribution in [-0.4, -0.2) is 21.1 Å². The van der Waals surface area contributed by atoms with Crippen molar-refractivity contribution in [1.82, 2.24) is 9.97 Å². The predicted molar refractivity (Wildman–Crippen MR) is 108 cm³/mol. The van der Waals surface area contributed by atoms with Crippen molar-refractivity contribution in [3.8, 4) is 6.07 Å². The van der Waals surface area contributed by atoms with Gasteiger partial charge in [0, 0.05) is 5.69 Å². The second kappa shape index (κ2) is 9.38. The highest BCUT2D eigenvalue weighted by Crippen LogP contribution is 2.25. The Morgan fingerprint density at radius 1 is 1.26 bits per heavy atom. The minimum Gasteiger partial charge on any atom is -0.325 e. The van der Waals surface area contributed by atoms with Gasteiger partial charge in [-0.1, -0.05) is 50.7 Å². The maximum atomic E-state index is 12.7. The molecule has 1 aromatic carbocycles. The van der Waals surface area contributed by atoms with Gasteiger partial charge in [-0.15, -0.1) is 0 Å². The molecule has 1 aromatic heterocycles. The van der Waals surface area contributed by atoms with Crippen LogP contribution in [0.25, 0.3) is 0 Å². The number of aromatic nitrogens is 2. The van der Waals surface area contributed by atoms with Gasteiger partial charge in [0.1, 0.15) is 11.6 Å². The van der Waals surface area contributed by atoms with Crippen molar-refractivity contribution in [2.75, 3.05) is 5.32 Å². The average Bonchev–Trinajstić information content (AvgIpc) is 2.67. The summed E-state index contributed by atoms with van der Waals surface area (Å²) in [6.07, 6.45) is 2.13. The smallest absolute Gasteiger partial charge is 0.269 e. The molecule has 1 amide bonds. The van der Waals surface area contributed by atoms with Crippen molar-refractivity contribution >= 4 is 23.4 Å². The molecular weight excluding hydrogens is 360 g/mol. The number of nitriles is 1. The predicted octanol–water partition coefficient (Wildman–Crippen LogP) is 3.45. The second-order valence-electron chi connectivity index (χ2n) is 6.07. The van der Waals surface area contributed by atoms with Crippen molar-refractivity contribution in [2.45, 2.75) is 57.4 Å². The number of thioether (sulfide) groups is 1. The van der Waals surface area contributed by atoms with E-state index in [9.17, 15) is 9.59 Å². The van der Waals surface area contributed by atoms with E-state index in [-0.39, 0.29) is 11.5 Å². The normalized spacial score (nSPS) is 11.7. The number of aromatic amines is 1. The van der Waals surface area contributed by atoms with Crippen LogP contribution in [0.2, 0.25) is 0 Å². The van der Waals surface area contributed by atoms with Gasteiger partial charge in [0.25, 0.3) is 5.56 Å². The number of benzene rings is 1. The first-order chi connectivity index (χ1) is 12.9. The van der Waals surface area contributed by atoms with E-state index < -0.39 is 10.8 Å². The first kappa shape index (κ1) is 20.7. The van der Waals surface area contributed by atoms with Crippen LogP contribution in [-0.2, 0) is 24.1 Å². The Morgan fingerprint density at radius 2 is 1.89 bits per heavy atom. The monoisotopic (exact) mass is 384 g/mol. The number of carbonyl (C=O) groups excluding carboxylic acids is 1. The molecule has 0 fully saturated rings. The molecule has 1 heterocycles. The summed E-state index contributed by atoms with van der Waals surface area (Å²) in [5.74, 6) is -0.152. The summed E-state index contributed by atoms with van der Waals surface area (Å²) >= 11 is 1.17. The number of H-pyrrole nitrogens is 1. The topological polar surface area (TPSA) is 98.6 Å². The number of anilines is 1. The molecule has 6 nitrogen and oxygen atoms in total. The number of hydrogen-bond acceptors (Lipinski definition) is 5. The fourth-order valence-electron chi connectivity index (χ4n) is 2.77. The van der Waals surface area contributed by atoms with Crippen molar-refractivity contribution in [2.24, 2.45) is 0 Å². The Labute approximate surface area is 163 Å². The fourth-order valence-corrected chi connectivity index (χ4v) is 3.59. The van der Waals surface area contributed by atoms with Gasteiger partial charge in [0.15, 0.2) is 5.16 Å². The van der Waals surface area contributed by atoms with Crippen molar-refractivity contribution in [1.29, 1.82) is 5.26 Å². The summed E-state index contributed by atoms with van der Waals surface area (Å²) in [4.78, 5) is 31.7. The third-order valence-corrected chi connectivity index (χ3v) is 5.31. The fraction of sp³-hybridized carbons (Fsp3) is 0.400. The first-order valence-corrected chi connectivity index (χ1v) is 9.94. The zero-order valence-electron chi connectivity index (χ0n) is 16.0. The minimum atomic E-state index is -0.468.